The van der Waals surface area contributed by atoms with Crippen molar-refractivity contribution in [2.24, 2.45) is 5.16 Å². The Balaban J connectivity index is 1.35. The van der Waals surface area contributed by atoms with Gasteiger partial charge in [0.2, 0.25) is 12.5 Å². The van der Waals surface area contributed by atoms with Crippen molar-refractivity contribution in [3.8, 4) is 0 Å². The van der Waals surface area contributed by atoms with Gasteiger partial charge >= 0.3 is 12.1 Å². The fraction of sp³-hybridized carbons (Fsp3) is 0.190. The average molecular weight is 609 g/mol. The number of carbonyl (C=O) groups is 4. The second-order valence-electron chi connectivity index (χ2n) is 7.68. The van der Waals surface area contributed by atoms with Gasteiger partial charge in [-0.3, -0.25) is 14.5 Å². The molecule has 0 radical (unpaired) electrons. The molecule has 18 heteroatoms. The van der Waals surface area contributed by atoms with Crippen molar-refractivity contribution in [2.45, 2.75) is 15.8 Å². The van der Waals surface area contributed by atoms with E-state index in [4.69, 9.17) is 20.4 Å². The Hall–Kier alpha value is -3.87. The number of amides is 2. The van der Waals surface area contributed by atoms with Gasteiger partial charge in [0.25, 0.3) is 11.8 Å². The number of rotatable bonds is 9. The highest BCUT2D eigenvalue weighted by atomic mass is 32.2. The highest BCUT2D eigenvalue weighted by Crippen LogP contribution is 2.46. The first-order valence-electron chi connectivity index (χ1n) is 10.8. The number of carbonyl (C=O) groups excluding carboxylic acids is 2. The number of benzene rings is 1. The molecule has 1 fully saturated rings. The number of para-hydroxylation sites is 1. The van der Waals surface area contributed by atoms with Gasteiger partial charge in [-0.25, -0.2) is 19.6 Å². The maximum absolute atomic E-state index is 13.1. The molecule has 0 spiro atoms. The number of nitrogens with zero attached hydrogens (tertiary/aromatic N) is 4. The summed E-state index contributed by atoms with van der Waals surface area (Å²) in [5.74, 6) is -2.63. The molecule has 5 rings (SSSR count). The van der Waals surface area contributed by atoms with Crippen LogP contribution in [-0.4, -0.2) is 78.5 Å². The first-order valence-corrected chi connectivity index (χ1v) is 14.3. The van der Waals surface area contributed by atoms with Gasteiger partial charge in [0.15, 0.2) is 15.2 Å². The topological polar surface area (TPSA) is 207 Å². The minimum atomic E-state index is -1.59. The molecule has 2 amide bonds. The normalized spacial score (nSPS) is 18.9. The number of fused-ring (bicyclic) bond motifs is 2. The van der Waals surface area contributed by atoms with E-state index in [1.807, 2.05) is 24.3 Å². The van der Waals surface area contributed by atoms with E-state index in [2.05, 4.69) is 20.4 Å². The van der Waals surface area contributed by atoms with E-state index in [0.29, 0.717) is 9.24 Å². The monoisotopic (exact) mass is 608 g/mol. The van der Waals surface area contributed by atoms with Gasteiger partial charge in [0.05, 0.1) is 15.1 Å². The van der Waals surface area contributed by atoms with Crippen LogP contribution in [0.4, 0.5) is 9.93 Å². The number of ether oxygens (including phenoxy) is 1. The van der Waals surface area contributed by atoms with Crippen LogP contribution in [-0.2, 0) is 24.0 Å². The first-order chi connectivity index (χ1) is 18.7. The third-order valence-electron chi connectivity index (χ3n) is 5.16. The van der Waals surface area contributed by atoms with Crippen molar-refractivity contribution in [2.75, 3.05) is 18.1 Å². The van der Waals surface area contributed by atoms with E-state index in [1.165, 1.54) is 45.1 Å². The van der Waals surface area contributed by atoms with Gasteiger partial charge in [0.1, 0.15) is 17.1 Å². The Morgan fingerprint density at radius 3 is 2.74 bits per heavy atom. The summed E-state index contributed by atoms with van der Waals surface area (Å²) in [5.41, 5.74) is 6.09. The van der Waals surface area contributed by atoms with Crippen LogP contribution in [0, 0.1) is 0 Å². The molecule has 202 valence electrons. The predicted octanol–water partition coefficient (Wildman–Crippen LogP) is 2.20. The summed E-state index contributed by atoms with van der Waals surface area (Å²) in [6, 6.07) is 6.48. The lowest BCUT2D eigenvalue weighted by Gasteiger charge is -2.48. The number of β-lactam (4-membered cyclic amide) rings is 1. The molecular formula is C21H16N6O8S4. The zero-order chi connectivity index (χ0) is 27.7. The molecule has 5 N–H and O–H groups in total. The largest absolute Gasteiger partial charge is 0.512 e. The van der Waals surface area contributed by atoms with Crippen LogP contribution in [0.1, 0.15) is 5.69 Å². The number of hydrogen-bond acceptors (Lipinski definition) is 14. The molecule has 14 nitrogen and oxygen atoms in total. The summed E-state index contributed by atoms with van der Waals surface area (Å²) in [6.45, 7) is -0.805. The third-order valence-corrected chi connectivity index (χ3v) is 9.46. The summed E-state index contributed by atoms with van der Waals surface area (Å²) in [6.07, 6.45) is -1.59. The van der Waals surface area contributed by atoms with E-state index < -0.39 is 42.0 Å². The number of carboxylic acid groups (broad SMARTS) is 2. The highest BCUT2D eigenvalue weighted by molar-refractivity contribution is 8.07. The van der Waals surface area contributed by atoms with Crippen molar-refractivity contribution in [1.29, 1.82) is 0 Å². The SMILES string of the molecule is Nc1nc(/C(=N/OCC(=O)O)C(=O)NC2C(=O)N3C(OC(=O)O)=C(Sc4nc5ccccc5s4)CS[C@@H]23)cs1. The van der Waals surface area contributed by atoms with Crippen molar-refractivity contribution >= 4 is 91.2 Å². The number of oxime groups is 1. The molecule has 39 heavy (non-hydrogen) atoms. The number of nitrogen functional groups attached to an aromatic ring is 1. The number of nitrogens with two attached hydrogens (primary N) is 1. The molecule has 2 atom stereocenters. The fourth-order valence-corrected chi connectivity index (χ4v) is 7.74. The third kappa shape index (κ3) is 5.63. The van der Waals surface area contributed by atoms with E-state index in [0.717, 1.165) is 21.6 Å². The van der Waals surface area contributed by atoms with Crippen molar-refractivity contribution in [3.63, 3.8) is 0 Å². The highest BCUT2D eigenvalue weighted by Gasteiger charge is 2.54. The number of carboxylic acids is 1. The minimum absolute atomic E-state index is 0.0321. The maximum atomic E-state index is 13.1. The molecule has 0 bridgehead atoms. The Bertz CT molecular complexity index is 1520. The summed E-state index contributed by atoms with van der Waals surface area (Å²) >= 11 is 4.95. The molecule has 4 heterocycles. The summed E-state index contributed by atoms with van der Waals surface area (Å²) < 4.78 is 6.62. The first kappa shape index (κ1) is 26.7. The lowest BCUT2D eigenvalue weighted by molar-refractivity contribution is -0.148. The lowest BCUT2D eigenvalue weighted by Crippen LogP contribution is -2.70. The summed E-state index contributed by atoms with van der Waals surface area (Å²) in [4.78, 5) is 63.3. The smallest absolute Gasteiger partial charge is 0.479 e. The van der Waals surface area contributed by atoms with E-state index in [-0.39, 0.29) is 28.2 Å². The Kier molecular flexibility index (Phi) is 7.60. The molecule has 0 saturated carbocycles. The zero-order valence-corrected chi connectivity index (χ0v) is 22.6. The number of nitrogens with one attached hydrogen (secondary N) is 1. The second-order valence-corrected chi connectivity index (χ2v) is 12.1. The van der Waals surface area contributed by atoms with Crippen LogP contribution in [0.15, 0.2) is 49.9 Å². The van der Waals surface area contributed by atoms with Crippen LogP contribution in [0.2, 0.25) is 0 Å². The Morgan fingerprint density at radius 2 is 2.05 bits per heavy atom. The molecular weight excluding hydrogens is 593 g/mol. The number of aliphatic carboxylic acids is 1. The van der Waals surface area contributed by atoms with Crippen LogP contribution < -0.4 is 11.1 Å². The van der Waals surface area contributed by atoms with Gasteiger partial charge < -0.3 is 30.8 Å². The molecule has 1 unspecified atom stereocenters. The molecule has 2 aromatic heterocycles. The fourth-order valence-electron chi connectivity index (χ4n) is 3.57. The Labute approximate surface area is 234 Å². The predicted molar refractivity (Wildman–Crippen MR) is 143 cm³/mol. The van der Waals surface area contributed by atoms with Crippen LogP contribution >= 0.6 is 46.2 Å². The lowest BCUT2D eigenvalue weighted by atomic mass is 10.1. The van der Waals surface area contributed by atoms with Gasteiger partial charge in [-0.15, -0.1) is 34.4 Å². The van der Waals surface area contributed by atoms with Gasteiger partial charge in [-0.1, -0.05) is 29.1 Å². The maximum Gasteiger partial charge on any atom is 0.512 e. The number of hydrogen-bond donors (Lipinski definition) is 4. The van der Waals surface area contributed by atoms with Gasteiger partial charge in [0, 0.05) is 11.1 Å². The van der Waals surface area contributed by atoms with E-state index in [1.54, 1.807) is 0 Å². The van der Waals surface area contributed by atoms with E-state index >= 15 is 0 Å². The van der Waals surface area contributed by atoms with Crippen molar-refractivity contribution in [1.82, 2.24) is 20.2 Å². The van der Waals surface area contributed by atoms with Crippen LogP contribution in [0.3, 0.4) is 0 Å². The molecule has 2 aliphatic rings. The molecule has 0 aliphatic carbocycles. The average Bonchev–Trinajstić information content (AvgIpc) is 3.50. The van der Waals surface area contributed by atoms with Crippen molar-refractivity contribution in [3.05, 3.63) is 46.1 Å². The number of thiazole rings is 2. The quantitative estimate of drug-likeness (QED) is 0.119. The van der Waals surface area contributed by atoms with Gasteiger partial charge in [-0.05, 0) is 12.1 Å². The molecule has 2 aliphatic heterocycles. The second kappa shape index (κ2) is 11.1. The number of thioether (sulfide) groups is 2. The van der Waals surface area contributed by atoms with Crippen LogP contribution in [0.25, 0.3) is 10.2 Å². The summed E-state index contributed by atoms with van der Waals surface area (Å²) in [7, 11) is 0. The van der Waals surface area contributed by atoms with Crippen molar-refractivity contribution < 1.29 is 39.0 Å². The molecule has 1 aromatic carbocycles. The minimum Gasteiger partial charge on any atom is -0.479 e. The standard InChI is InChI=1S/C21H16N6O8S4/c22-19-23-9(6-37-19)13(26-34-5-12(28)29)15(30)25-14-16(31)27-17(35-21(32)33)11(7-36-18(14)27)39-20-24-8-3-1-2-4-10(8)38-20/h1-4,6,14,18H,5,7H2,(H2,22,23)(H,25,30)(H,28,29)(H,32,33)/b26-13-/t14?,18-/m0/s1. The van der Waals surface area contributed by atoms with E-state index in [9.17, 15) is 24.3 Å². The van der Waals surface area contributed by atoms with Crippen LogP contribution in [0.5, 0.6) is 0 Å². The molecule has 3 aromatic rings. The molecule has 1 saturated heterocycles. The Morgan fingerprint density at radius 1 is 1.26 bits per heavy atom. The number of aromatic nitrogens is 2. The number of anilines is 1. The van der Waals surface area contributed by atoms with Gasteiger partial charge in [-0.2, -0.15) is 0 Å². The summed E-state index contributed by atoms with van der Waals surface area (Å²) in [5, 5.41) is 25.1. The zero-order valence-electron chi connectivity index (χ0n) is 19.3.